The zero-order valence-corrected chi connectivity index (χ0v) is 21.7. The van der Waals surface area contributed by atoms with E-state index in [0.29, 0.717) is 32.4 Å². The smallest absolute Gasteiger partial charge is 0.243 e. The van der Waals surface area contributed by atoms with Crippen LogP contribution in [-0.4, -0.2) is 66.1 Å². The van der Waals surface area contributed by atoms with Crippen LogP contribution < -0.4 is 0 Å². The molecule has 1 aliphatic heterocycles. The van der Waals surface area contributed by atoms with Crippen LogP contribution in [-0.2, 0) is 26.2 Å². The fourth-order valence-electron chi connectivity index (χ4n) is 4.70. The van der Waals surface area contributed by atoms with Crippen molar-refractivity contribution in [1.29, 1.82) is 0 Å². The molecule has 194 valence electrons. The molecule has 1 saturated carbocycles. The highest BCUT2D eigenvalue weighted by Crippen LogP contribution is 2.32. The predicted molar refractivity (Wildman–Crippen MR) is 135 cm³/mol. The molecule has 1 saturated heterocycles. The van der Waals surface area contributed by atoms with Crippen molar-refractivity contribution < 1.29 is 22.4 Å². The number of benzene rings is 2. The van der Waals surface area contributed by atoms with Crippen molar-refractivity contribution in [2.24, 2.45) is 0 Å². The second-order valence-electron chi connectivity index (χ2n) is 9.71. The van der Waals surface area contributed by atoms with E-state index in [1.165, 1.54) is 16.4 Å². The highest BCUT2D eigenvalue weighted by molar-refractivity contribution is 7.89. The summed E-state index contributed by atoms with van der Waals surface area (Å²) in [4.78, 5) is 29.6. The molecule has 0 radical (unpaired) electrons. The van der Waals surface area contributed by atoms with Crippen LogP contribution in [0.3, 0.4) is 0 Å². The number of piperidine rings is 1. The summed E-state index contributed by atoms with van der Waals surface area (Å²) in [6, 6.07) is 12.4. The van der Waals surface area contributed by atoms with Crippen LogP contribution in [0.15, 0.2) is 53.4 Å². The first-order valence-corrected chi connectivity index (χ1v) is 14.0. The van der Waals surface area contributed by atoms with Gasteiger partial charge in [-0.3, -0.25) is 9.59 Å². The molecule has 2 aromatic carbocycles. The minimum Gasteiger partial charge on any atom is -0.343 e. The third-order valence-corrected chi connectivity index (χ3v) is 8.93. The fourth-order valence-corrected chi connectivity index (χ4v) is 6.34. The number of carbonyl (C=O) groups excluding carboxylic acids is 2. The normalized spacial score (nSPS) is 16.8. The van der Waals surface area contributed by atoms with Crippen LogP contribution in [0.2, 0.25) is 0 Å². The fraction of sp³-hybridized carbons (Fsp3) is 0.481. The number of carbonyl (C=O) groups is 2. The van der Waals surface area contributed by atoms with Gasteiger partial charge in [0.25, 0.3) is 0 Å². The predicted octanol–water partition coefficient (Wildman–Crippen LogP) is 3.72. The Morgan fingerprint density at radius 1 is 0.944 bits per heavy atom. The summed E-state index contributed by atoms with van der Waals surface area (Å²) in [5.74, 6) is -0.539. The van der Waals surface area contributed by atoms with Gasteiger partial charge in [-0.2, -0.15) is 4.31 Å². The summed E-state index contributed by atoms with van der Waals surface area (Å²) in [7, 11) is -3.83. The van der Waals surface area contributed by atoms with Crippen LogP contribution in [0.25, 0.3) is 0 Å². The number of rotatable bonds is 9. The molecule has 2 fully saturated rings. The average molecular weight is 516 g/mol. The Hall–Kier alpha value is -2.78. The quantitative estimate of drug-likeness (QED) is 0.510. The highest BCUT2D eigenvalue weighted by Gasteiger charge is 2.41. The summed E-state index contributed by atoms with van der Waals surface area (Å²) in [5.41, 5.74) is 1.73. The molecule has 0 atom stereocenters. The first kappa shape index (κ1) is 26.3. The lowest BCUT2D eigenvalue weighted by atomic mass is 10.0. The van der Waals surface area contributed by atoms with E-state index in [4.69, 9.17) is 0 Å². The summed E-state index contributed by atoms with van der Waals surface area (Å²) in [6.45, 7) is 4.85. The molecule has 0 aromatic heterocycles. The third kappa shape index (κ3) is 6.13. The third-order valence-electron chi connectivity index (χ3n) is 7.02. The number of sulfonamides is 1. The van der Waals surface area contributed by atoms with Gasteiger partial charge in [-0.25, -0.2) is 12.8 Å². The highest BCUT2D eigenvalue weighted by atomic mass is 32.2. The molecule has 9 heteroatoms. The lowest BCUT2D eigenvalue weighted by Gasteiger charge is -2.39. The van der Waals surface area contributed by atoms with Gasteiger partial charge in [-0.05, 0) is 62.4 Å². The Labute approximate surface area is 212 Å². The van der Waals surface area contributed by atoms with E-state index in [-0.39, 0.29) is 47.7 Å². The number of likely N-dealkylation sites (tertiary alicyclic amines) is 1. The van der Waals surface area contributed by atoms with E-state index in [2.05, 4.69) is 0 Å². The molecule has 7 nitrogen and oxygen atoms in total. The van der Waals surface area contributed by atoms with Crippen LogP contribution in [0, 0.1) is 12.7 Å². The van der Waals surface area contributed by atoms with E-state index < -0.39 is 10.0 Å². The second kappa shape index (κ2) is 11.1. The van der Waals surface area contributed by atoms with Crippen LogP contribution in [0.1, 0.15) is 50.2 Å². The Balaban J connectivity index is 1.56. The van der Waals surface area contributed by atoms with Gasteiger partial charge >= 0.3 is 0 Å². The van der Waals surface area contributed by atoms with Crippen LogP contribution in [0.5, 0.6) is 0 Å². The maximum absolute atomic E-state index is 13.7. The van der Waals surface area contributed by atoms with Gasteiger partial charge in [0.1, 0.15) is 5.82 Å². The average Bonchev–Trinajstić information content (AvgIpc) is 3.72. The van der Waals surface area contributed by atoms with Gasteiger partial charge in [-0.1, -0.05) is 36.8 Å². The van der Waals surface area contributed by atoms with Crippen molar-refractivity contribution in [1.82, 2.24) is 14.1 Å². The molecule has 2 aromatic rings. The van der Waals surface area contributed by atoms with Gasteiger partial charge in [0.05, 0.1) is 11.4 Å². The molecule has 2 amide bonds. The lowest BCUT2D eigenvalue weighted by Crippen LogP contribution is -2.51. The minimum absolute atomic E-state index is 0.0916. The van der Waals surface area contributed by atoms with Crippen molar-refractivity contribution in [2.75, 3.05) is 19.6 Å². The van der Waals surface area contributed by atoms with Crippen LogP contribution in [0.4, 0.5) is 4.39 Å². The van der Waals surface area contributed by atoms with Gasteiger partial charge in [0.2, 0.25) is 21.8 Å². The summed E-state index contributed by atoms with van der Waals surface area (Å²) in [6.07, 6.45) is 3.14. The number of halogens is 1. The van der Waals surface area contributed by atoms with Gasteiger partial charge in [0, 0.05) is 38.1 Å². The number of hydrogen-bond acceptors (Lipinski definition) is 4. The molecule has 36 heavy (non-hydrogen) atoms. The SMILES string of the molecule is CCC(=O)N1CCC(N(Cc2ccc(F)cc2)C(=O)CN(C2CC2)S(=O)(=O)c2ccc(C)cc2)CC1. The molecule has 1 heterocycles. The van der Waals surface area contributed by atoms with E-state index in [9.17, 15) is 22.4 Å². The number of amides is 2. The lowest BCUT2D eigenvalue weighted by molar-refractivity contribution is -0.137. The van der Waals surface area contributed by atoms with E-state index in [1.54, 1.807) is 41.3 Å². The Kier molecular flexibility index (Phi) is 8.10. The largest absolute Gasteiger partial charge is 0.343 e. The van der Waals surface area contributed by atoms with E-state index in [0.717, 1.165) is 24.0 Å². The maximum atomic E-state index is 13.7. The van der Waals surface area contributed by atoms with Gasteiger partial charge in [0.15, 0.2) is 0 Å². The van der Waals surface area contributed by atoms with Crippen molar-refractivity contribution in [3.8, 4) is 0 Å². The number of aryl methyl sites for hydroxylation is 1. The first-order valence-electron chi connectivity index (χ1n) is 12.6. The molecule has 0 bridgehead atoms. The second-order valence-corrected chi connectivity index (χ2v) is 11.6. The minimum atomic E-state index is -3.83. The topological polar surface area (TPSA) is 78.0 Å². The Bertz CT molecular complexity index is 1170. The number of hydrogen-bond donors (Lipinski definition) is 0. The van der Waals surface area contributed by atoms with Crippen molar-refractivity contribution in [3.63, 3.8) is 0 Å². The summed E-state index contributed by atoms with van der Waals surface area (Å²) in [5, 5.41) is 0. The summed E-state index contributed by atoms with van der Waals surface area (Å²) < 4.78 is 41.8. The maximum Gasteiger partial charge on any atom is 0.243 e. The van der Waals surface area contributed by atoms with Gasteiger partial charge < -0.3 is 9.80 Å². The molecular formula is C27H34FN3O4S. The standard InChI is InChI=1S/C27H34FN3O4S/c1-3-26(32)29-16-14-23(15-17-29)30(18-21-6-8-22(28)9-7-21)27(33)19-31(24-10-11-24)36(34,35)25-12-4-20(2)5-13-25/h4-9,12-13,23-24H,3,10-11,14-19H2,1-2H3. The molecule has 0 unspecified atom stereocenters. The number of nitrogens with zero attached hydrogens (tertiary/aromatic N) is 3. The molecular weight excluding hydrogens is 481 g/mol. The van der Waals surface area contributed by atoms with Crippen molar-refractivity contribution in [3.05, 3.63) is 65.5 Å². The molecule has 0 N–H and O–H groups in total. The Morgan fingerprint density at radius 3 is 2.11 bits per heavy atom. The van der Waals surface area contributed by atoms with Crippen molar-refractivity contribution >= 4 is 21.8 Å². The van der Waals surface area contributed by atoms with E-state index in [1.807, 2.05) is 18.7 Å². The summed E-state index contributed by atoms with van der Waals surface area (Å²) >= 11 is 0. The zero-order valence-electron chi connectivity index (χ0n) is 20.9. The van der Waals surface area contributed by atoms with Crippen LogP contribution >= 0.6 is 0 Å². The van der Waals surface area contributed by atoms with Crippen molar-refractivity contribution in [2.45, 2.75) is 69.5 Å². The Morgan fingerprint density at radius 2 is 1.56 bits per heavy atom. The zero-order chi connectivity index (χ0) is 25.9. The molecule has 4 rings (SSSR count). The molecule has 2 aliphatic rings. The monoisotopic (exact) mass is 515 g/mol. The van der Waals surface area contributed by atoms with E-state index >= 15 is 0 Å². The molecule has 1 aliphatic carbocycles. The first-order chi connectivity index (χ1) is 17.2. The van der Waals surface area contributed by atoms with Gasteiger partial charge in [-0.15, -0.1) is 0 Å². The molecule has 0 spiro atoms.